The van der Waals surface area contributed by atoms with Crippen LogP contribution >= 0.6 is 24.0 Å². The predicted octanol–water partition coefficient (Wildman–Crippen LogP) is 3.18. The molecule has 0 unspecified atom stereocenters. The van der Waals surface area contributed by atoms with E-state index >= 15 is 0 Å². The number of nitrogens with one attached hydrogen (secondary N) is 2. The molecule has 2 rings (SSSR count). The summed E-state index contributed by atoms with van der Waals surface area (Å²) in [6.07, 6.45) is 2.92. The van der Waals surface area contributed by atoms with E-state index in [9.17, 15) is 17.2 Å². The molecule has 1 aromatic carbocycles. The lowest BCUT2D eigenvalue weighted by atomic mass is 10.1. The average Bonchev–Trinajstić information content (AvgIpc) is 3.37. The third-order valence-corrected chi connectivity index (χ3v) is 5.61. The SMILES string of the molecule is CCNC(=NCc1cccc(OCC)c1OC(F)F)NCC1(CS(C)(=O)=O)CC1.I. The zero-order valence-electron chi connectivity index (χ0n) is 17.4. The summed E-state index contributed by atoms with van der Waals surface area (Å²) in [5.41, 5.74) is 0.202. The lowest BCUT2D eigenvalue weighted by molar-refractivity contribution is -0.0520. The summed E-state index contributed by atoms with van der Waals surface area (Å²) in [4.78, 5) is 4.44. The third kappa shape index (κ3) is 8.78. The maximum absolute atomic E-state index is 12.8. The summed E-state index contributed by atoms with van der Waals surface area (Å²) in [7, 11) is -3.06. The Morgan fingerprint density at radius 3 is 2.50 bits per heavy atom. The van der Waals surface area contributed by atoms with Gasteiger partial charge < -0.3 is 20.1 Å². The predicted molar refractivity (Wildman–Crippen MR) is 124 cm³/mol. The second kappa shape index (κ2) is 11.9. The van der Waals surface area contributed by atoms with E-state index in [1.165, 1.54) is 6.26 Å². The Labute approximate surface area is 193 Å². The van der Waals surface area contributed by atoms with Gasteiger partial charge in [0.1, 0.15) is 9.84 Å². The first-order valence-electron chi connectivity index (χ1n) is 9.57. The highest BCUT2D eigenvalue weighted by atomic mass is 127. The maximum Gasteiger partial charge on any atom is 0.387 e. The molecule has 0 atom stereocenters. The van der Waals surface area contributed by atoms with Crippen molar-refractivity contribution in [3.63, 3.8) is 0 Å². The van der Waals surface area contributed by atoms with E-state index in [4.69, 9.17) is 4.74 Å². The number of para-hydroxylation sites is 1. The monoisotopic (exact) mass is 561 g/mol. The minimum Gasteiger partial charge on any atom is -0.490 e. The van der Waals surface area contributed by atoms with Crippen molar-refractivity contribution < 1.29 is 26.7 Å². The Kier molecular flexibility index (Phi) is 10.5. The Balaban J connectivity index is 0.00000450. The normalized spacial score (nSPS) is 15.3. The Hall–Kier alpha value is -1.37. The highest BCUT2D eigenvalue weighted by Gasteiger charge is 2.45. The maximum atomic E-state index is 12.8. The second-order valence-corrected chi connectivity index (χ2v) is 9.31. The van der Waals surface area contributed by atoms with Crippen molar-refractivity contribution in [1.82, 2.24) is 10.6 Å². The van der Waals surface area contributed by atoms with Crippen LogP contribution < -0.4 is 20.1 Å². The van der Waals surface area contributed by atoms with Crippen LogP contribution in [0, 0.1) is 5.41 Å². The minimum absolute atomic E-state index is 0. The molecule has 30 heavy (non-hydrogen) atoms. The largest absolute Gasteiger partial charge is 0.490 e. The van der Waals surface area contributed by atoms with Crippen molar-refractivity contribution in [2.75, 3.05) is 31.7 Å². The third-order valence-electron chi connectivity index (χ3n) is 4.48. The molecule has 0 amide bonds. The van der Waals surface area contributed by atoms with Crippen LogP contribution in [0.1, 0.15) is 32.3 Å². The minimum atomic E-state index is -3.06. The first-order chi connectivity index (χ1) is 13.7. The summed E-state index contributed by atoms with van der Waals surface area (Å²) in [6.45, 7) is 2.18. The van der Waals surface area contributed by atoms with Crippen molar-refractivity contribution in [3.05, 3.63) is 23.8 Å². The van der Waals surface area contributed by atoms with Gasteiger partial charge in [-0.3, -0.25) is 0 Å². The van der Waals surface area contributed by atoms with Gasteiger partial charge in [-0.05, 0) is 32.8 Å². The van der Waals surface area contributed by atoms with Crippen molar-refractivity contribution in [3.8, 4) is 11.5 Å². The van der Waals surface area contributed by atoms with E-state index in [2.05, 4.69) is 20.4 Å². The number of hydrogen-bond donors (Lipinski definition) is 2. The summed E-state index contributed by atoms with van der Waals surface area (Å²) in [6, 6.07) is 4.92. The second-order valence-electron chi connectivity index (χ2n) is 7.17. The van der Waals surface area contributed by atoms with Crippen LogP contribution in [0.25, 0.3) is 0 Å². The highest BCUT2D eigenvalue weighted by Crippen LogP contribution is 2.46. The summed E-state index contributed by atoms with van der Waals surface area (Å²) >= 11 is 0. The molecule has 1 aromatic rings. The molecule has 0 radical (unpaired) electrons. The first kappa shape index (κ1) is 26.7. The van der Waals surface area contributed by atoms with E-state index in [1.54, 1.807) is 25.1 Å². The van der Waals surface area contributed by atoms with Gasteiger partial charge in [0.2, 0.25) is 0 Å². The lowest BCUT2D eigenvalue weighted by Crippen LogP contribution is -2.41. The summed E-state index contributed by atoms with van der Waals surface area (Å²) in [5.74, 6) is 0.829. The number of hydrogen-bond acceptors (Lipinski definition) is 5. The molecular weight excluding hydrogens is 531 g/mol. The van der Waals surface area contributed by atoms with Crippen LogP contribution in [0.15, 0.2) is 23.2 Å². The fourth-order valence-corrected chi connectivity index (χ4v) is 4.56. The molecule has 0 spiro atoms. The number of nitrogens with zero attached hydrogens (tertiary/aromatic N) is 1. The van der Waals surface area contributed by atoms with Gasteiger partial charge in [-0.25, -0.2) is 13.4 Å². The zero-order valence-corrected chi connectivity index (χ0v) is 20.6. The van der Waals surface area contributed by atoms with Gasteiger partial charge in [0, 0.05) is 30.3 Å². The summed E-state index contributed by atoms with van der Waals surface area (Å²) in [5, 5.41) is 6.26. The van der Waals surface area contributed by atoms with Crippen molar-refractivity contribution in [2.24, 2.45) is 10.4 Å². The molecule has 1 fully saturated rings. The molecule has 0 bridgehead atoms. The Morgan fingerprint density at radius 1 is 1.27 bits per heavy atom. The van der Waals surface area contributed by atoms with Gasteiger partial charge in [0.05, 0.1) is 18.9 Å². The van der Waals surface area contributed by atoms with Crippen LogP contribution in [-0.4, -0.2) is 52.7 Å². The number of halogens is 3. The van der Waals surface area contributed by atoms with E-state index in [1.807, 2.05) is 6.92 Å². The molecular formula is C19H30F2IN3O4S. The molecule has 7 nitrogen and oxygen atoms in total. The van der Waals surface area contributed by atoms with Crippen molar-refractivity contribution in [2.45, 2.75) is 39.8 Å². The quantitative estimate of drug-likeness (QED) is 0.245. The van der Waals surface area contributed by atoms with E-state index < -0.39 is 16.4 Å². The molecule has 1 saturated carbocycles. The molecule has 11 heteroatoms. The molecule has 1 aliphatic rings. The van der Waals surface area contributed by atoms with Crippen LogP contribution in [0.3, 0.4) is 0 Å². The molecule has 172 valence electrons. The van der Waals surface area contributed by atoms with Gasteiger partial charge in [0.15, 0.2) is 17.5 Å². The fraction of sp³-hybridized carbons (Fsp3) is 0.632. The molecule has 0 saturated heterocycles. The molecule has 2 N–H and O–H groups in total. The zero-order chi connectivity index (χ0) is 21.5. The average molecular weight is 561 g/mol. The van der Waals surface area contributed by atoms with E-state index in [0.717, 1.165) is 12.8 Å². The van der Waals surface area contributed by atoms with Gasteiger partial charge >= 0.3 is 6.61 Å². The van der Waals surface area contributed by atoms with E-state index in [0.29, 0.717) is 31.2 Å². The number of sulfone groups is 1. The first-order valence-corrected chi connectivity index (χ1v) is 11.6. The van der Waals surface area contributed by atoms with Crippen LogP contribution in [-0.2, 0) is 16.4 Å². The smallest absolute Gasteiger partial charge is 0.387 e. The highest BCUT2D eigenvalue weighted by molar-refractivity contribution is 14.0. The van der Waals surface area contributed by atoms with Gasteiger partial charge in [-0.1, -0.05) is 12.1 Å². The van der Waals surface area contributed by atoms with Crippen molar-refractivity contribution in [1.29, 1.82) is 0 Å². The number of benzene rings is 1. The Morgan fingerprint density at radius 2 is 1.97 bits per heavy atom. The van der Waals surface area contributed by atoms with Gasteiger partial charge in [0.25, 0.3) is 0 Å². The summed E-state index contributed by atoms with van der Waals surface area (Å²) < 4.78 is 59.0. The molecule has 0 aliphatic heterocycles. The lowest BCUT2D eigenvalue weighted by Gasteiger charge is -2.18. The van der Waals surface area contributed by atoms with E-state index in [-0.39, 0.29) is 53.2 Å². The number of ether oxygens (including phenoxy) is 2. The Bertz CT molecular complexity index is 818. The number of alkyl halides is 2. The van der Waals surface area contributed by atoms with Crippen LogP contribution in [0.5, 0.6) is 11.5 Å². The topological polar surface area (TPSA) is 89.0 Å². The molecule has 0 heterocycles. The number of aliphatic imine (C=N–C) groups is 1. The van der Waals surface area contributed by atoms with Crippen molar-refractivity contribution >= 4 is 39.8 Å². The van der Waals surface area contributed by atoms with Crippen LogP contribution in [0.4, 0.5) is 8.78 Å². The number of guanidine groups is 1. The van der Waals surface area contributed by atoms with Crippen LogP contribution in [0.2, 0.25) is 0 Å². The molecule has 1 aliphatic carbocycles. The number of rotatable bonds is 11. The van der Waals surface area contributed by atoms with Gasteiger partial charge in [-0.2, -0.15) is 8.78 Å². The fourth-order valence-electron chi connectivity index (χ4n) is 3.06. The molecule has 0 aromatic heterocycles. The standard InChI is InChI=1S/C19H29F2N3O4S.HI/c1-4-22-18(24-12-19(9-10-19)13-29(3,25)26)23-11-14-7-6-8-15(27-5-2)16(14)28-17(20)21;/h6-8,17H,4-5,9-13H2,1-3H3,(H2,22,23,24);1H. The van der Waals surface area contributed by atoms with Gasteiger partial charge in [-0.15, -0.1) is 24.0 Å².